The van der Waals surface area contributed by atoms with Crippen LogP contribution in [0, 0.1) is 0 Å². The highest BCUT2D eigenvalue weighted by Gasteiger charge is 2.21. The van der Waals surface area contributed by atoms with Gasteiger partial charge in [-0.3, -0.25) is 0 Å². The summed E-state index contributed by atoms with van der Waals surface area (Å²) in [5, 5.41) is 0. The summed E-state index contributed by atoms with van der Waals surface area (Å²) in [4.78, 5) is 0. The van der Waals surface area contributed by atoms with Crippen LogP contribution in [0.3, 0.4) is 0 Å². The van der Waals surface area contributed by atoms with Crippen LogP contribution in [0.1, 0.15) is 90.8 Å². The third-order valence-electron chi connectivity index (χ3n) is 4.14. The second-order valence-electron chi connectivity index (χ2n) is 7.86. The lowest BCUT2D eigenvalue weighted by Crippen LogP contribution is -2.17. The van der Waals surface area contributed by atoms with Crippen molar-refractivity contribution in [3.8, 4) is 0 Å². The lowest BCUT2D eigenvalue weighted by Gasteiger charge is -2.28. The number of benzene rings is 1. The molecule has 1 aromatic rings. The maximum Gasteiger partial charge on any atom is -0.0132 e. The third-order valence-corrected chi connectivity index (χ3v) is 4.14. The maximum atomic E-state index is 2.44. The van der Waals surface area contributed by atoms with Gasteiger partial charge in [-0.05, 0) is 46.3 Å². The molecule has 0 nitrogen and oxygen atoms in total. The lowest BCUT2D eigenvalue weighted by atomic mass is 9.77. The van der Waals surface area contributed by atoms with Gasteiger partial charge in [-0.2, -0.15) is 0 Å². The molecule has 0 heteroatoms. The highest BCUT2D eigenvalue weighted by atomic mass is 14.3. The van der Waals surface area contributed by atoms with Crippen molar-refractivity contribution in [1.82, 2.24) is 0 Å². The van der Waals surface area contributed by atoms with Gasteiger partial charge in [-0.25, -0.2) is 0 Å². The molecule has 0 aliphatic heterocycles. The van der Waals surface area contributed by atoms with E-state index < -0.39 is 0 Å². The molecule has 0 radical (unpaired) electrons. The molecular formula is C19H32. The van der Waals surface area contributed by atoms with Gasteiger partial charge in [0.25, 0.3) is 0 Å². The van der Waals surface area contributed by atoms with E-state index in [4.69, 9.17) is 0 Å². The highest BCUT2D eigenvalue weighted by Crippen LogP contribution is 2.34. The first-order valence-corrected chi connectivity index (χ1v) is 7.75. The van der Waals surface area contributed by atoms with Crippen molar-refractivity contribution in [1.29, 1.82) is 0 Å². The smallest absolute Gasteiger partial charge is 0.0132 e. The van der Waals surface area contributed by atoms with Crippen molar-refractivity contribution >= 4 is 0 Å². The van der Waals surface area contributed by atoms with E-state index in [0.717, 1.165) is 0 Å². The molecule has 0 aliphatic carbocycles. The molecule has 0 spiro atoms. The average Bonchev–Trinajstić information content (AvgIpc) is 2.28. The molecule has 0 saturated carbocycles. The fraction of sp³-hybridized carbons (Fsp3) is 0.684. The van der Waals surface area contributed by atoms with Crippen LogP contribution in [0.4, 0.5) is 0 Å². The van der Waals surface area contributed by atoms with Crippen molar-refractivity contribution in [3.63, 3.8) is 0 Å². The Morgan fingerprint density at radius 3 is 1.37 bits per heavy atom. The zero-order valence-electron chi connectivity index (χ0n) is 14.2. The maximum absolute atomic E-state index is 2.44. The van der Waals surface area contributed by atoms with Crippen molar-refractivity contribution in [2.45, 2.75) is 85.0 Å². The summed E-state index contributed by atoms with van der Waals surface area (Å²) in [5.74, 6) is 0.698. The monoisotopic (exact) mass is 260 g/mol. The molecule has 0 amide bonds. The molecule has 0 unspecified atom stereocenters. The minimum atomic E-state index is 0.224. The predicted molar refractivity (Wildman–Crippen MR) is 87.2 cm³/mol. The molecular weight excluding hydrogens is 228 g/mol. The van der Waals surface area contributed by atoms with Gasteiger partial charge in [0.2, 0.25) is 0 Å². The van der Waals surface area contributed by atoms with E-state index >= 15 is 0 Å². The third kappa shape index (κ3) is 4.09. The van der Waals surface area contributed by atoms with E-state index in [1.165, 1.54) is 29.5 Å². The van der Waals surface area contributed by atoms with E-state index in [0.29, 0.717) is 5.92 Å². The fourth-order valence-electron chi connectivity index (χ4n) is 2.51. The van der Waals surface area contributed by atoms with E-state index in [-0.39, 0.29) is 10.8 Å². The Hall–Kier alpha value is -0.780. The van der Waals surface area contributed by atoms with Gasteiger partial charge < -0.3 is 0 Å². The van der Waals surface area contributed by atoms with Crippen LogP contribution in [0.2, 0.25) is 0 Å². The van der Waals surface area contributed by atoms with E-state index in [1.807, 2.05) is 0 Å². The lowest BCUT2D eigenvalue weighted by molar-refractivity contribution is 0.560. The molecule has 0 heterocycles. The minimum absolute atomic E-state index is 0.224. The number of hydrogen-bond acceptors (Lipinski definition) is 0. The molecule has 108 valence electrons. The second-order valence-corrected chi connectivity index (χ2v) is 7.86. The Balaban J connectivity index is 3.41. The molecule has 0 bridgehead atoms. The number of rotatable bonds is 3. The molecule has 0 fully saturated rings. The van der Waals surface area contributed by atoms with Crippen molar-refractivity contribution in [2.24, 2.45) is 0 Å². The summed E-state index contributed by atoms with van der Waals surface area (Å²) in [6.07, 6.45) is 2.46. The first-order valence-electron chi connectivity index (χ1n) is 7.75. The van der Waals surface area contributed by atoms with Gasteiger partial charge >= 0.3 is 0 Å². The summed E-state index contributed by atoms with van der Waals surface area (Å²) in [6.45, 7) is 18.5. The molecule has 0 atom stereocenters. The van der Waals surface area contributed by atoms with E-state index in [2.05, 4.69) is 73.6 Å². The van der Waals surface area contributed by atoms with E-state index in [1.54, 1.807) is 0 Å². The van der Waals surface area contributed by atoms with Gasteiger partial charge in [-0.15, -0.1) is 0 Å². The second kappa shape index (κ2) is 5.69. The zero-order chi connectivity index (χ0) is 14.8. The molecule has 0 aromatic heterocycles. The first-order chi connectivity index (χ1) is 8.59. The molecule has 1 aromatic carbocycles. The van der Waals surface area contributed by atoms with Crippen molar-refractivity contribution in [2.75, 3.05) is 0 Å². The summed E-state index contributed by atoms with van der Waals surface area (Å²) in [5.41, 5.74) is 4.93. The van der Waals surface area contributed by atoms with Crippen molar-refractivity contribution < 1.29 is 0 Å². The van der Waals surface area contributed by atoms with Crippen LogP contribution >= 0.6 is 0 Å². The SMILES string of the molecule is CCC(CC)c1cc(C(C)(C)C)cc(C(C)(C)C)c1. The fourth-order valence-corrected chi connectivity index (χ4v) is 2.51. The number of hydrogen-bond donors (Lipinski definition) is 0. The van der Waals surface area contributed by atoms with Gasteiger partial charge in [0, 0.05) is 0 Å². The Bertz CT molecular complexity index is 376. The first kappa shape index (κ1) is 16.3. The average molecular weight is 260 g/mol. The molecule has 0 aliphatic rings. The Kier molecular flexibility index (Phi) is 4.87. The van der Waals surface area contributed by atoms with Crippen LogP contribution in [0.25, 0.3) is 0 Å². The van der Waals surface area contributed by atoms with Crippen LogP contribution < -0.4 is 0 Å². The summed E-state index contributed by atoms with van der Waals surface area (Å²) in [7, 11) is 0. The Morgan fingerprint density at radius 2 is 1.11 bits per heavy atom. The largest absolute Gasteiger partial charge is 0.0648 e. The van der Waals surface area contributed by atoms with Crippen LogP contribution in [-0.2, 0) is 10.8 Å². The quantitative estimate of drug-likeness (QED) is 0.608. The summed E-state index contributed by atoms with van der Waals surface area (Å²) < 4.78 is 0. The predicted octanol–water partition coefficient (Wildman–Crippen LogP) is 6.19. The van der Waals surface area contributed by atoms with Gasteiger partial charge in [-0.1, -0.05) is 73.6 Å². The summed E-state index contributed by atoms with van der Waals surface area (Å²) in [6, 6.07) is 7.28. The topological polar surface area (TPSA) is 0 Å². The zero-order valence-corrected chi connectivity index (χ0v) is 14.2. The van der Waals surface area contributed by atoms with E-state index in [9.17, 15) is 0 Å². The van der Waals surface area contributed by atoms with Gasteiger partial charge in [0.1, 0.15) is 0 Å². The molecule has 19 heavy (non-hydrogen) atoms. The normalized spacial score (nSPS) is 13.1. The molecule has 0 saturated heterocycles. The van der Waals surface area contributed by atoms with Gasteiger partial charge in [0.15, 0.2) is 0 Å². The van der Waals surface area contributed by atoms with Crippen LogP contribution in [0.5, 0.6) is 0 Å². The highest BCUT2D eigenvalue weighted by molar-refractivity contribution is 5.38. The Morgan fingerprint density at radius 1 is 0.737 bits per heavy atom. The standard InChI is InChI=1S/C19H32/c1-9-14(10-2)15-11-16(18(3,4)5)13-17(12-15)19(6,7)8/h11-14H,9-10H2,1-8H3. The van der Waals surface area contributed by atoms with Crippen LogP contribution in [-0.4, -0.2) is 0 Å². The molecule has 0 N–H and O–H groups in total. The van der Waals surface area contributed by atoms with Crippen molar-refractivity contribution in [3.05, 3.63) is 34.9 Å². The molecule has 1 rings (SSSR count). The van der Waals surface area contributed by atoms with Gasteiger partial charge in [0.05, 0.1) is 0 Å². The minimum Gasteiger partial charge on any atom is -0.0648 e. The summed E-state index contributed by atoms with van der Waals surface area (Å²) >= 11 is 0. The van der Waals surface area contributed by atoms with Crippen LogP contribution in [0.15, 0.2) is 18.2 Å². The Labute approximate surface area is 120 Å².